The quantitative estimate of drug-likeness (QED) is 0.133. The van der Waals surface area contributed by atoms with Crippen molar-refractivity contribution in [3.63, 3.8) is 0 Å². The van der Waals surface area contributed by atoms with E-state index in [1.165, 1.54) is 18.7 Å². The summed E-state index contributed by atoms with van der Waals surface area (Å²) < 4.78 is 0. The van der Waals surface area contributed by atoms with Crippen LogP contribution in [0.3, 0.4) is 0 Å². The number of rotatable bonds is 16. The van der Waals surface area contributed by atoms with Gasteiger partial charge in [-0.3, -0.25) is 14.4 Å². The SMILES string of the molecule is CSCCC(NC(=O)C(CCCCN)NC(=O)C(NC(=O)C(N)C(C)C)C(C)O)C(=O)O. The molecule has 0 saturated carbocycles. The van der Waals surface area contributed by atoms with E-state index >= 15 is 0 Å². The summed E-state index contributed by atoms with van der Waals surface area (Å²) in [6, 6.07) is -4.35. The normalized spacial score (nSPS) is 15.9. The van der Waals surface area contributed by atoms with Gasteiger partial charge in [-0.15, -0.1) is 0 Å². The van der Waals surface area contributed by atoms with Crippen molar-refractivity contribution in [1.29, 1.82) is 0 Å². The van der Waals surface area contributed by atoms with E-state index in [1.54, 1.807) is 13.8 Å². The molecular formula is C20H39N5O6S. The van der Waals surface area contributed by atoms with Crippen molar-refractivity contribution in [1.82, 2.24) is 16.0 Å². The number of aliphatic carboxylic acids is 1. The van der Waals surface area contributed by atoms with E-state index in [0.717, 1.165) is 0 Å². The first-order valence-corrected chi connectivity index (χ1v) is 12.1. The van der Waals surface area contributed by atoms with Crippen LogP contribution in [0, 0.1) is 5.92 Å². The van der Waals surface area contributed by atoms with Gasteiger partial charge in [0.05, 0.1) is 12.1 Å². The van der Waals surface area contributed by atoms with Crippen LogP contribution in [0.2, 0.25) is 0 Å². The average Bonchev–Trinajstić information content (AvgIpc) is 2.72. The fourth-order valence-corrected chi connectivity index (χ4v) is 3.22. The third kappa shape index (κ3) is 11.1. The van der Waals surface area contributed by atoms with Crippen LogP contribution in [0.25, 0.3) is 0 Å². The summed E-state index contributed by atoms with van der Waals surface area (Å²) in [7, 11) is 0. The molecule has 12 heteroatoms. The van der Waals surface area contributed by atoms with Crippen molar-refractivity contribution in [3.05, 3.63) is 0 Å². The minimum atomic E-state index is -1.33. The molecule has 0 radical (unpaired) electrons. The Morgan fingerprint density at radius 2 is 1.50 bits per heavy atom. The number of nitrogens with two attached hydrogens (primary N) is 2. The molecule has 32 heavy (non-hydrogen) atoms. The summed E-state index contributed by atoms with van der Waals surface area (Å²) in [6.07, 6.45) is 2.14. The van der Waals surface area contributed by atoms with Gasteiger partial charge in [-0.05, 0) is 57.1 Å². The van der Waals surface area contributed by atoms with Crippen molar-refractivity contribution in [2.24, 2.45) is 17.4 Å². The van der Waals surface area contributed by atoms with E-state index in [9.17, 15) is 29.4 Å². The third-order valence-electron chi connectivity index (χ3n) is 4.89. The number of carboxylic acids is 1. The molecule has 0 bridgehead atoms. The van der Waals surface area contributed by atoms with Gasteiger partial charge < -0.3 is 37.6 Å². The number of hydrogen-bond acceptors (Lipinski definition) is 8. The summed E-state index contributed by atoms with van der Waals surface area (Å²) in [5.74, 6) is -2.85. The highest BCUT2D eigenvalue weighted by atomic mass is 32.2. The van der Waals surface area contributed by atoms with E-state index in [2.05, 4.69) is 16.0 Å². The Morgan fingerprint density at radius 1 is 0.906 bits per heavy atom. The summed E-state index contributed by atoms with van der Waals surface area (Å²) in [5.41, 5.74) is 11.3. The predicted octanol–water partition coefficient (Wildman–Crippen LogP) is -1.23. The summed E-state index contributed by atoms with van der Waals surface area (Å²) in [6.45, 7) is 5.22. The van der Waals surface area contributed by atoms with Crippen LogP contribution in [0.5, 0.6) is 0 Å². The maximum absolute atomic E-state index is 12.8. The van der Waals surface area contributed by atoms with E-state index < -0.39 is 54.0 Å². The van der Waals surface area contributed by atoms with Crippen molar-refractivity contribution in [3.8, 4) is 0 Å². The average molecular weight is 478 g/mol. The summed E-state index contributed by atoms with van der Waals surface area (Å²) in [5, 5.41) is 26.8. The number of amides is 3. The number of carbonyl (C=O) groups is 4. The first-order chi connectivity index (χ1) is 15.0. The molecule has 5 atom stereocenters. The zero-order valence-electron chi connectivity index (χ0n) is 19.3. The molecule has 9 N–H and O–H groups in total. The largest absolute Gasteiger partial charge is 0.480 e. The predicted molar refractivity (Wildman–Crippen MR) is 124 cm³/mol. The van der Waals surface area contributed by atoms with E-state index in [1.807, 2.05) is 6.26 Å². The summed E-state index contributed by atoms with van der Waals surface area (Å²) >= 11 is 1.45. The molecule has 0 aromatic heterocycles. The van der Waals surface area contributed by atoms with Gasteiger partial charge >= 0.3 is 5.97 Å². The second kappa shape index (κ2) is 15.8. The Kier molecular flexibility index (Phi) is 14.9. The molecule has 11 nitrogen and oxygen atoms in total. The van der Waals surface area contributed by atoms with E-state index in [0.29, 0.717) is 25.1 Å². The molecule has 0 aliphatic rings. The minimum Gasteiger partial charge on any atom is -0.480 e. The van der Waals surface area contributed by atoms with Gasteiger partial charge in [0, 0.05) is 0 Å². The number of thioether (sulfide) groups is 1. The Hall–Kier alpha value is -1.89. The number of aliphatic hydroxyl groups excluding tert-OH is 1. The Balaban J connectivity index is 5.41. The van der Waals surface area contributed by atoms with Crippen molar-refractivity contribution in [2.45, 2.75) is 76.7 Å². The fraction of sp³-hybridized carbons (Fsp3) is 0.800. The van der Waals surface area contributed by atoms with Gasteiger partial charge in [0.2, 0.25) is 17.7 Å². The highest BCUT2D eigenvalue weighted by Crippen LogP contribution is 2.07. The lowest BCUT2D eigenvalue weighted by Gasteiger charge is -2.27. The number of hydrogen-bond donors (Lipinski definition) is 7. The van der Waals surface area contributed by atoms with Crippen LogP contribution in [-0.4, -0.2) is 82.7 Å². The standard InChI is InChI=1S/C20H39N5O6S/c1-11(2)15(22)18(28)25-16(12(3)26)19(29)23-13(7-5-6-9-21)17(27)24-14(20(30)31)8-10-32-4/h11-16,26H,5-10,21-22H2,1-4H3,(H,23,29)(H,24,27)(H,25,28)(H,30,31). The lowest BCUT2D eigenvalue weighted by atomic mass is 10.0. The maximum Gasteiger partial charge on any atom is 0.326 e. The molecule has 0 fully saturated rings. The second-order valence-electron chi connectivity index (χ2n) is 8.02. The molecule has 3 amide bonds. The monoisotopic (exact) mass is 477 g/mol. The zero-order valence-corrected chi connectivity index (χ0v) is 20.1. The van der Waals surface area contributed by atoms with Gasteiger partial charge in [-0.1, -0.05) is 13.8 Å². The van der Waals surface area contributed by atoms with Gasteiger partial charge in [0.1, 0.15) is 18.1 Å². The molecule has 0 spiro atoms. The molecule has 0 aromatic carbocycles. The number of aliphatic hydroxyl groups is 1. The topological polar surface area (TPSA) is 197 Å². The zero-order chi connectivity index (χ0) is 24.8. The summed E-state index contributed by atoms with van der Waals surface area (Å²) in [4.78, 5) is 49.3. The van der Waals surface area contributed by atoms with Crippen LogP contribution < -0.4 is 27.4 Å². The molecule has 0 aliphatic heterocycles. The number of unbranched alkanes of at least 4 members (excludes halogenated alkanes) is 1. The molecule has 0 aromatic rings. The smallest absolute Gasteiger partial charge is 0.326 e. The first-order valence-electron chi connectivity index (χ1n) is 10.7. The van der Waals surface area contributed by atoms with Gasteiger partial charge in [0.25, 0.3) is 0 Å². The molecule has 0 saturated heterocycles. The third-order valence-corrected chi connectivity index (χ3v) is 5.53. The van der Waals surface area contributed by atoms with Crippen molar-refractivity contribution >= 4 is 35.5 Å². The molecular weight excluding hydrogens is 438 g/mol. The Labute approximate surface area is 193 Å². The minimum absolute atomic E-state index is 0.184. The van der Waals surface area contributed by atoms with Crippen LogP contribution in [0.15, 0.2) is 0 Å². The highest BCUT2D eigenvalue weighted by Gasteiger charge is 2.32. The molecule has 0 heterocycles. The molecule has 0 rings (SSSR count). The fourth-order valence-electron chi connectivity index (χ4n) is 2.75. The van der Waals surface area contributed by atoms with Gasteiger partial charge in [-0.25, -0.2) is 4.79 Å². The molecule has 5 unspecified atom stereocenters. The lowest BCUT2D eigenvalue weighted by molar-refractivity contribution is -0.142. The highest BCUT2D eigenvalue weighted by molar-refractivity contribution is 7.98. The van der Waals surface area contributed by atoms with Gasteiger partial charge in [-0.2, -0.15) is 11.8 Å². The van der Waals surface area contributed by atoms with Crippen molar-refractivity contribution < 1.29 is 29.4 Å². The van der Waals surface area contributed by atoms with E-state index in [-0.39, 0.29) is 18.8 Å². The maximum atomic E-state index is 12.8. The number of carbonyl (C=O) groups excluding carboxylic acids is 3. The Morgan fingerprint density at radius 3 is 1.97 bits per heavy atom. The number of carboxylic acid groups (broad SMARTS) is 1. The van der Waals surface area contributed by atoms with Crippen LogP contribution in [-0.2, 0) is 19.2 Å². The molecule has 0 aliphatic carbocycles. The Bertz CT molecular complexity index is 619. The van der Waals surface area contributed by atoms with Crippen molar-refractivity contribution in [2.75, 3.05) is 18.6 Å². The lowest BCUT2D eigenvalue weighted by Crippen LogP contribution is -2.60. The van der Waals surface area contributed by atoms with Crippen LogP contribution >= 0.6 is 11.8 Å². The number of nitrogens with one attached hydrogen (secondary N) is 3. The first kappa shape index (κ1) is 30.1. The van der Waals surface area contributed by atoms with Crippen LogP contribution in [0.4, 0.5) is 0 Å². The van der Waals surface area contributed by atoms with Gasteiger partial charge in [0.15, 0.2) is 0 Å². The molecule has 186 valence electrons. The van der Waals surface area contributed by atoms with Crippen LogP contribution in [0.1, 0.15) is 46.5 Å². The second-order valence-corrected chi connectivity index (χ2v) is 9.01. The van der Waals surface area contributed by atoms with E-state index in [4.69, 9.17) is 11.5 Å².